The van der Waals surface area contributed by atoms with Crippen molar-refractivity contribution in [1.29, 1.82) is 0 Å². The fourth-order valence-corrected chi connectivity index (χ4v) is 10.1. The van der Waals surface area contributed by atoms with Gasteiger partial charge >= 0.3 is 12.1 Å². The molecule has 1 saturated heterocycles. The Morgan fingerprint density at radius 1 is 0.485 bits per heavy atom. The van der Waals surface area contributed by atoms with Crippen LogP contribution in [0.1, 0.15) is 23.2 Å². The van der Waals surface area contributed by atoms with Crippen LogP contribution in [0.25, 0.3) is 99.1 Å². The van der Waals surface area contributed by atoms with Gasteiger partial charge < -0.3 is 22.3 Å². The largest absolute Gasteiger partial charge is 0.478 e. The lowest BCUT2D eigenvalue weighted by atomic mass is 9.98. The normalized spacial score (nSPS) is 12.4. The van der Waals surface area contributed by atoms with Gasteiger partial charge in [-0.05, 0) is 117 Å². The van der Waals surface area contributed by atoms with Gasteiger partial charge in [0, 0.05) is 39.2 Å². The summed E-state index contributed by atoms with van der Waals surface area (Å²) < 4.78 is 1.95. The lowest BCUT2D eigenvalue weighted by Gasteiger charge is -2.09. The Labute approximate surface area is 394 Å². The highest BCUT2D eigenvalue weighted by Crippen LogP contribution is 2.51. The van der Waals surface area contributed by atoms with E-state index in [0.29, 0.717) is 18.5 Å². The molecule has 12 heteroatoms. The van der Waals surface area contributed by atoms with Crippen LogP contribution in [0.3, 0.4) is 0 Å². The minimum atomic E-state index is -0.990. The van der Waals surface area contributed by atoms with Gasteiger partial charge in [-0.2, -0.15) is 9.59 Å². The fourth-order valence-electron chi connectivity index (χ4n) is 9.32. The first-order chi connectivity index (χ1) is 31.9. The number of fused-ring (bicyclic) bond motifs is 9. The van der Waals surface area contributed by atoms with Crippen LogP contribution in [0.2, 0.25) is 0 Å². The van der Waals surface area contributed by atoms with E-state index in [1.54, 1.807) is 6.07 Å². The van der Waals surface area contributed by atoms with Crippen LogP contribution in [0.5, 0.6) is 0 Å². The number of hydrogen-bond donors (Lipinski definition) is 4. The van der Waals surface area contributed by atoms with Gasteiger partial charge in [-0.3, -0.25) is 9.59 Å². The van der Waals surface area contributed by atoms with E-state index in [2.05, 4.69) is 141 Å². The van der Waals surface area contributed by atoms with Crippen LogP contribution in [-0.2, 0) is 19.2 Å². The summed E-state index contributed by atoms with van der Waals surface area (Å²) in [5.41, 5.74) is 35.1. The molecule has 1 aliphatic heterocycles. The van der Waals surface area contributed by atoms with Crippen molar-refractivity contribution in [2.75, 3.05) is 17.2 Å². The van der Waals surface area contributed by atoms with Crippen LogP contribution >= 0.6 is 32.1 Å². The van der Waals surface area contributed by atoms with E-state index in [1.165, 1.54) is 55.3 Å². The summed E-state index contributed by atoms with van der Waals surface area (Å²) in [7, 11) is 0. The quantitative estimate of drug-likeness (QED) is 0.0705. The molecule has 3 aliphatic carbocycles. The van der Waals surface area contributed by atoms with Gasteiger partial charge in [-0.1, -0.05) is 133 Å². The van der Waals surface area contributed by atoms with Crippen molar-refractivity contribution in [2.24, 2.45) is 0 Å². The molecule has 10 nitrogen and oxygen atoms in total. The Balaban J connectivity index is 0.000000112. The number of carbonyl (C=O) groups excluding carboxylic acids is 4. The second-order valence-electron chi connectivity index (χ2n) is 15.7. The number of carboxylic acids is 1. The number of benzene rings is 9. The smallest absolute Gasteiger partial charge is 0.373 e. The first-order valence-corrected chi connectivity index (χ1v) is 22.2. The number of halogens is 2. The third kappa shape index (κ3) is 7.27. The highest BCUT2D eigenvalue weighted by molar-refractivity contribution is 9.10. The van der Waals surface area contributed by atoms with Crippen molar-refractivity contribution in [2.45, 2.75) is 12.8 Å². The summed E-state index contributed by atoms with van der Waals surface area (Å²) in [6.45, 7) is 0. The van der Waals surface area contributed by atoms with Gasteiger partial charge in [0.1, 0.15) is 0 Å². The Kier molecular flexibility index (Phi) is 11.6. The van der Waals surface area contributed by atoms with Gasteiger partial charge in [0.05, 0.1) is 33.1 Å². The number of amides is 2. The van der Waals surface area contributed by atoms with Gasteiger partial charge in [0.2, 0.25) is 11.8 Å². The molecule has 0 atom stereocenters. The molecule has 1 heterocycles. The molecular weight excluding hydrogens is 960 g/mol. The van der Waals surface area contributed by atoms with E-state index in [1.807, 2.05) is 36.4 Å². The Morgan fingerprint density at radius 3 is 1.24 bits per heavy atom. The van der Waals surface area contributed by atoms with Crippen molar-refractivity contribution in [1.82, 2.24) is 3.93 Å². The Bertz CT molecular complexity index is 3520. The van der Waals surface area contributed by atoms with E-state index < -0.39 is 5.97 Å². The van der Waals surface area contributed by atoms with Gasteiger partial charge in [-0.15, -0.1) is 0 Å². The van der Waals surface area contributed by atoms with Crippen LogP contribution in [0, 0.1) is 0 Å². The zero-order chi connectivity index (χ0) is 46.4. The molecule has 322 valence electrons. The average molecular weight is 997 g/mol. The van der Waals surface area contributed by atoms with Crippen LogP contribution in [-0.4, -0.2) is 33.0 Å². The summed E-state index contributed by atoms with van der Waals surface area (Å²) in [6, 6.07) is 51.6. The highest BCUT2D eigenvalue weighted by Gasteiger charge is 2.27. The van der Waals surface area contributed by atoms with Crippen LogP contribution < -0.4 is 17.2 Å². The maximum absolute atomic E-state index is 11.4. The Hall–Kier alpha value is -7.89. The molecule has 0 aromatic heterocycles. The number of imide groups is 1. The summed E-state index contributed by atoms with van der Waals surface area (Å²) >= 11 is 6.36. The number of anilines is 3. The van der Waals surface area contributed by atoms with Crippen LogP contribution in [0.15, 0.2) is 156 Å². The maximum Gasteiger partial charge on any atom is 0.373 e. The molecule has 0 unspecified atom stereocenters. The first kappa shape index (κ1) is 43.4. The molecule has 4 aliphatic rings. The minimum absolute atomic E-state index is 0.144. The SMILES string of the molecule is Nc1c(Br)cc2c3c(cccc13)-c1ccccc1-2.Nc1c(C(=O)O)cc2c3c(cccc13)-c1ccccc1-2.Nc1ccc2c3c(cccc13)-c1ccccc1-2.O=C1CCC(=O)N1Br.O=C=O. The molecule has 2 amide bonds. The lowest BCUT2D eigenvalue weighted by Crippen LogP contribution is -2.16. The van der Waals surface area contributed by atoms with Crippen molar-refractivity contribution >= 4 is 105 Å². The number of rotatable bonds is 1. The van der Waals surface area contributed by atoms with Gasteiger partial charge in [-0.25, -0.2) is 8.72 Å². The van der Waals surface area contributed by atoms with E-state index in [9.17, 15) is 19.5 Å². The summed E-state index contributed by atoms with van der Waals surface area (Å²) in [5.74, 6) is -1.28. The van der Waals surface area contributed by atoms with Gasteiger partial charge in [0.25, 0.3) is 0 Å². The number of nitrogen functional groups attached to an aromatic ring is 3. The van der Waals surface area contributed by atoms with E-state index >= 15 is 0 Å². The predicted molar refractivity (Wildman–Crippen MR) is 268 cm³/mol. The summed E-state index contributed by atoms with van der Waals surface area (Å²) in [6.07, 6.45) is 0.953. The van der Waals surface area contributed by atoms with E-state index in [4.69, 9.17) is 26.8 Å². The average Bonchev–Trinajstić information content (AvgIpc) is 4.05. The standard InChI is InChI=1S/C17H11NO2.C16H10BrN.C16H11N.C4H4BrNO2.CO2/c18-16-12-7-3-6-11-9-4-1-2-5-10(9)13(15(11)12)8-14(16)17(19)20;17-14-8-13-10-5-2-1-4-9(10)11-6-3-7-12(15(11)13)16(14)18;17-15-9-8-13-11-5-2-1-4-10(11)12-6-3-7-14(15)16(12)13;5-6-3(7)1-2-4(6)8;2-1-3/h1-8H,18H2,(H,19,20);1-8H,18H2;1-9H,17H2;1-2H2;. The molecule has 0 spiro atoms. The molecule has 0 radical (unpaired) electrons. The van der Waals surface area contributed by atoms with E-state index in [-0.39, 0.29) is 23.5 Å². The molecule has 66 heavy (non-hydrogen) atoms. The third-order valence-corrected chi connectivity index (χ3v) is 13.6. The molecule has 1 fully saturated rings. The van der Waals surface area contributed by atoms with Crippen LogP contribution in [0.4, 0.5) is 17.1 Å². The van der Waals surface area contributed by atoms with Crippen molar-refractivity contribution in [3.63, 3.8) is 0 Å². The topological polar surface area (TPSA) is 187 Å². The lowest BCUT2D eigenvalue weighted by molar-refractivity contribution is -0.191. The third-order valence-electron chi connectivity index (χ3n) is 12.2. The molecule has 0 bridgehead atoms. The molecule has 7 N–H and O–H groups in total. The second kappa shape index (κ2) is 17.6. The number of aromatic carboxylic acids is 1. The monoisotopic (exact) mass is 994 g/mol. The Morgan fingerprint density at radius 2 is 0.833 bits per heavy atom. The molecular formula is C54H36Br2N4O6. The molecule has 0 saturated carbocycles. The molecule has 9 aromatic carbocycles. The summed E-state index contributed by atoms with van der Waals surface area (Å²) in [4.78, 5) is 48.5. The van der Waals surface area contributed by atoms with Crippen molar-refractivity contribution in [3.05, 3.63) is 162 Å². The number of hydrogen-bond acceptors (Lipinski definition) is 8. The van der Waals surface area contributed by atoms with Gasteiger partial charge in [0.15, 0.2) is 0 Å². The predicted octanol–water partition coefficient (Wildman–Crippen LogP) is 12.5. The number of nitrogens with two attached hydrogens (primary N) is 3. The zero-order valence-corrected chi connectivity index (χ0v) is 37.9. The van der Waals surface area contributed by atoms with Crippen molar-refractivity contribution in [3.8, 4) is 66.8 Å². The highest BCUT2D eigenvalue weighted by atomic mass is 79.9. The fraction of sp³-hybridized carbons (Fsp3) is 0.0370. The maximum atomic E-state index is 11.4. The first-order valence-electron chi connectivity index (χ1n) is 20.7. The number of nitrogens with zero attached hydrogens (tertiary/aromatic N) is 1. The second-order valence-corrected chi connectivity index (χ2v) is 17.2. The zero-order valence-electron chi connectivity index (χ0n) is 34.8. The molecule has 13 rings (SSSR count). The minimum Gasteiger partial charge on any atom is -0.478 e. The van der Waals surface area contributed by atoms with Crippen molar-refractivity contribution < 1.29 is 29.1 Å². The number of carbonyl (C=O) groups is 3. The molecule has 9 aromatic rings. The summed E-state index contributed by atoms with van der Waals surface area (Å²) in [5, 5.41) is 16.1. The van der Waals surface area contributed by atoms with E-state index in [0.717, 1.165) is 63.6 Å². The number of carboxylic acid groups (broad SMARTS) is 1.